The van der Waals surface area contributed by atoms with E-state index in [0.29, 0.717) is 11.3 Å². The first-order chi connectivity index (χ1) is 7.60. The molecule has 0 saturated carbocycles. The summed E-state index contributed by atoms with van der Waals surface area (Å²) in [6.07, 6.45) is 0.970. The van der Waals surface area contributed by atoms with Gasteiger partial charge in [0, 0.05) is 12.6 Å². The summed E-state index contributed by atoms with van der Waals surface area (Å²) in [4.78, 5) is 2.01. The normalized spacial score (nSPS) is 10.2. The molecule has 1 rings (SSSR count). The van der Waals surface area contributed by atoms with Gasteiger partial charge in [0.15, 0.2) is 0 Å². The Hall–Kier alpha value is -1.56. The number of nitriles is 1. The Morgan fingerprint density at radius 2 is 2.12 bits per heavy atom. The van der Waals surface area contributed by atoms with E-state index in [9.17, 15) is 4.39 Å². The fourth-order valence-electron chi connectivity index (χ4n) is 1.71. The molecule has 0 amide bonds. The Bertz CT molecular complexity index is 393. The summed E-state index contributed by atoms with van der Waals surface area (Å²) < 4.78 is 13.8. The van der Waals surface area contributed by atoms with Crippen LogP contribution in [0.3, 0.4) is 0 Å². The maximum Gasteiger partial charge on any atom is 0.147 e. The minimum Gasteiger partial charge on any atom is -0.367 e. The SMILES string of the molecule is CCCN(c1ccc(C#N)cc1F)C(C)C. The van der Waals surface area contributed by atoms with Crippen molar-refractivity contribution < 1.29 is 4.39 Å². The highest BCUT2D eigenvalue weighted by atomic mass is 19.1. The van der Waals surface area contributed by atoms with Crippen LogP contribution in [0.2, 0.25) is 0 Å². The molecular weight excluding hydrogens is 203 g/mol. The first-order valence-corrected chi connectivity index (χ1v) is 5.56. The molecule has 0 aliphatic rings. The van der Waals surface area contributed by atoms with Gasteiger partial charge in [-0.1, -0.05) is 6.92 Å². The summed E-state index contributed by atoms with van der Waals surface area (Å²) in [5.74, 6) is -0.318. The molecule has 0 spiro atoms. The van der Waals surface area contributed by atoms with Crippen LogP contribution in [0.1, 0.15) is 32.8 Å². The maximum absolute atomic E-state index is 13.8. The fraction of sp³-hybridized carbons (Fsp3) is 0.462. The van der Waals surface area contributed by atoms with Crippen molar-refractivity contribution in [3.63, 3.8) is 0 Å². The molecule has 0 atom stereocenters. The lowest BCUT2D eigenvalue weighted by Crippen LogP contribution is -2.32. The van der Waals surface area contributed by atoms with Gasteiger partial charge in [0.2, 0.25) is 0 Å². The molecule has 1 aromatic carbocycles. The van der Waals surface area contributed by atoms with Crippen LogP contribution in [-0.4, -0.2) is 12.6 Å². The fourth-order valence-corrected chi connectivity index (χ4v) is 1.71. The average molecular weight is 220 g/mol. The Kier molecular flexibility index (Phi) is 4.30. The number of anilines is 1. The molecule has 86 valence electrons. The monoisotopic (exact) mass is 220 g/mol. The molecule has 0 fully saturated rings. The lowest BCUT2D eigenvalue weighted by Gasteiger charge is -2.29. The van der Waals surface area contributed by atoms with Gasteiger partial charge in [-0.15, -0.1) is 0 Å². The van der Waals surface area contributed by atoms with Gasteiger partial charge >= 0.3 is 0 Å². The smallest absolute Gasteiger partial charge is 0.147 e. The van der Waals surface area contributed by atoms with Crippen LogP contribution in [0.15, 0.2) is 18.2 Å². The summed E-state index contributed by atoms with van der Waals surface area (Å²) in [5.41, 5.74) is 0.942. The summed E-state index contributed by atoms with van der Waals surface area (Å²) >= 11 is 0. The molecule has 16 heavy (non-hydrogen) atoms. The molecule has 0 N–H and O–H groups in total. The van der Waals surface area contributed by atoms with Crippen molar-refractivity contribution in [2.75, 3.05) is 11.4 Å². The van der Waals surface area contributed by atoms with Gasteiger partial charge in [0.25, 0.3) is 0 Å². The summed E-state index contributed by atoms with van der Waals surface area (Å²) in [7, 11) is 0. The van der Waals surface area contributed by atoms with Crippen LogP contribution >= 0.6 is 0 Å². The third-order valence-corrected chi connectivity index (χ3v) is 2.47. The van der Waals surface area contributed by atoms with Gasteiger partial charge < -0.3 is 4.90 Å². The molecule has 0 unspecified atom stereocenters. The van der Waals surface area contributed by atoms with E-state index in [-0.39, 0.29) is 11.9 Å². The minimum atomic E-state index is -0.318. The molecule has 0 bridgehead atoms. The van der Waals surface area contributed by atoms with Crippen LogP contribution in [0, 0.1) is 17.1 Å². The second-order valence-corrected chi connectivity index (χ2v) is 4.07. The second-order valence-electron chi connectivity index (χ2n) is 4.07. The predicted molar refractivity (Wildman–Crippen MR) is 63.9 cm³/mol. The number of halogens is 1. The van der Waals surface area contributed by atoms with Gasteiger partial charge in [-0.2, -0.15) is 5.26 Å². The van der Waals surface area contributed by atoms with Crippen LogP contribution in [0.5, 0.6) is 0 Å². The average Bonchev–Trinajstić information content (AvgIpc) is 2.26. The molecule has 0 radical (unpaired) electrons. The highest BCUT2D eigenvalue weighted by Gasteiger charge is 2.14. The second kappa shape index (κ2) is 5.50. The largest absolute Gasteiger partial charge is 0.367 e. The summed E-state index contributed by atoms with van der Waals surface area (Å²) in [6, 6.07) is 6.82. The van der Waals surface area contributed by atoms with Crippen molar-refractivity contribution in [2.24, 2.45) is 0 Å². The quantitative estimate of drug-likeness (QED) is 0.778. The third-order valence-electron chi connectivity index (χ3n) is 2.47. The lowest BCUT2D eigenvalue weighted by atomic mass is 10.1. The van der Waals surface area contributed by atoms with E-state index in [1.807, 2.05) is 24.8 Å². The molecule has 3 heteroatoms. The van der Waals surface area contributed by atoms with Crippen molar-refractivity contribution >= 4 is 5.69 Å². The molecular formula is C13H17FN2. The topological polar surface area (TPSA) is 27.0 Å². The van der Waals surface area contributed by atoms with E-state index in [2.05, 4.69) is 6.92 Å². The Morgan fingerprint density at radius 3 is 2.56 bits per heavy atom. The Labute approximate surface area is 96.3 Å². The first kappa shape index (κ1) is 12.5. The highest BCUT2D eigenvalue weighted by Crippen LogP contribution is 2.22. The zero-order chi connectivity index (χ0) is 12.1. The molecule has 0 aliphatic carbocycles. The van der Waals surface area contributed by atoms with Crippen LogP contribution < -0.4 is 4.90 Å². The van der Waals surface area contributed by atoms with Gasteiger partial charge in [-0.3, -0.25) is 0 Å². The van der Waals surface area contributed by atoms with Gasteiger partial charge in [-0.25, -0.2) is 4.39 Å². The Balaban J connectivity index is 3.06. The number of nitrogens with zero attached hydrogens (tertiary/aromatic N) is 2. The Morgan fingerprint density at radius 1 is 1.44 bits per heavy atom. The zero-order valence-corrected chi connectivity index (χ0v) is 10.00. The molecule has 0 aliphatic heterocycles. The summed E-state index contributed by atoms with van der Waals surface area (Å²) in [6.45, 7) is 6.96. The number of benzene rings is 1. The zero-order valence-electron chi connectivity index (χ0n) is 10.00. The van der Waals surface area contributed by atoms with E-state index in [1.165, 1.54) is 6.07 Å². The van der Waals surface area contributed by atoms with Crippen molar-refractivity contribution in [1.29, 1.82) is 5.26 Å². The molecule has 0 heterocycles. The molecule has 2 nitrogen and oxygen atoms in total. The van der Waals surface area contributed by atoms with Gasteiger partial charge in [0.1, 0.15) is 5.82 Å². The lowest BCUT2D eigenvalue weighted by molar-refractivity contribution is 0.596. The highest BCUT2D eigenvalue weighted by molar-refractivity contribution is 5.51. The maximum atomic E-state index is 13.8. The van der Waals surface area contributed by atoms with Crippen molar-refractivity contribution in [1.82, 2.24) is 0 Å². The molecule has 1 aromatic rings. The third kappa shape index (κ3) is 2.73. The first-order valence-electron chi connectivity index (χ1n) is 5.56. The number of hydrogen-bond donors (Lipinski definition) is 0. The van der Waals surface area contributed by atoms with E-state index < -0.39 is 0 Å². The molecule has 0 saturated heterocycles. The van der Waals surface area contributed by atoms with Crippen LogP contribution in [-0.2, 0) is 0 Å². The molecule has 0 aromatic heterocycles. The number of rotatable bonds is 4. The van der Waals surface area contributed by atoms with Crippen molar-refractivity contribution in [3.05, 3.63) is 29.6 Å². The van der Waals surface area contributed by atoms with E-state index >= 15 is 0 Å². The van der Waals surface area contributed by atoms with Crippen LogP contribution in [0.25, 0.3) is 0 Å². The van der Waals surface area contributed by atoms with E-state index in [1.54, 1.807) is 12.1 Å². The van der Waals surface area contributed by atoms with Crippen molar-refractivity contribution in [2.45, 2.75) is 33.2 Å². The van der Waals surface area contributed by atoms with Crippen LogP contribution in [0.4, 0.5) is 10.1 Å². The van der Waals surface area contributed by atoms with Crippen molar-refractivity contribution in [3.8, 4) is 6.07 Å². The summed E-state index contributed by atoms with van der Waals surface area (Å²) in [5, 5.41) is 8.67. The minimum absolute atomic E-state index is 0.252. The predicted octanol–water partition coefficient (Wildman–Crippen LogP) is 3.32. The standard InChI is InChI=1S/C13H17FN2/c1-4-7-16(10(2)3)13-6-5-11(9-15)8-12(13)14/h5-6,8,10H,4,7H2,1-3H3. The van der Waals surface area contributed by atoms with E-state index in [4.69, 9.17) is 5.26 Å². The van der Waals surface area contributed by atoms with Gasteiger partial charge in [0.05, 0.1) is 17.3 Å². The number of hydrogen-bond acceptors (Lipinski definition) is 2. The van der Waals surface area contributed by atoms with E-state index in [0.717, 1.165) is 13.0 Å². The van der Waals surface area contributed by atoms with Gasteiger partial charge in [-0.05, 0) is 38.5 Å².